The van der Waals surface area contributed by atoms with Crippen molar-refractivity contribution in [2.24, 2.45) is 11.8 Å². The summed E-state index contributed by atoms with van der Waals surface area (Å²) >= 11 is 0. The van der Waals surface area contributed by atoms with Crippen molar-refractivity contribution < 1.29 is 14.4 Å². The third-order valence-electron chi connectivity index (χ3n) is 6.94. The number of benzene rings is 2. The Bertz CT molecular complexity index is 1130. The summed E-state index contributed by atoms with van der Waals surface area (Å²) < 4.78 is 0. The van der Waals surface area contributed by atoms with Crippen molar-refractivity contribution >= 4 is 28.6 Å². The van der Waals surface area contributed by atoms with E-state index in [1.165, 1.54) is 4.90 Å². The van der Waals surface area contributed by atoms with Crippen molar-refractivity contribution in [2.45, 2.75) is 31.6 Å². The van der Waals surface area contributed by atoms with Crippen LogP contribution in [0.1, 0.15) is 42.7 Å². The molecule has 3 unspecified atom stereocenters. The lowest BCUT2D eigenvalue weighted by Gasteiger charge is -2.20. The predicted octanol–water partition coefficient (Wildman–Crippen LogP) is 3.59. The second kappa shape index (κ2) is 8.61. The van der Waals surface area contributed by atoms with Gasteiger partial charge in [-0.3, -0.25) is 19.3 Å². The summed E-state index contributed by atoms with van der Waals surface area (Å²) in [5.41, 5.74) is 3.24. The molecule has 5 rings (SSSR count). The van der Waals surface area contributed by atoms with Crippen LogP contribution in [0.3, 0.4) is 0 Å². The molecule has 0 radical (unpaired) electrons. The third kappa shape index (κ3) is 3.70. The summed E-state index contributed by atoms with van der Waals surface area (Å²) in [5, 5.41) is 4.10. The van der Waals surface area contributed by atoms with Gasteiger partial charge in [0.05, 0.1) is 11.8 Å². The number of H-pyrrole nitrogens is 1. The van der Waals surface area contributed by atoms with Crippen LogP contribution >= 0.6 is 0 Å². The van der Waals surface area contributed by atoms with Gasteiger partial charge in [-0.15, -0.1) is 0 Å². The highest BCUT2D eigenvalue weighted by molar-refractivity contribution is 6.07. The molecule has 2 N–H and O–H groups in total. The first kappa shape index (κ1) is 20.5. The minimum atomic E-state index is -0.300. The molecule has 2 fully saturated rings. The number of nitrogens with zero attached hydrogens (tertiary/aromatic N) is 1. The zero-order valence-corrected chi connectivity index (χ0v) is 17.9. The van der Waals surface area contributed by atoms with Gasteiger partial charge >= 0.3 is 0 Å². The molecule has 0 bridgehead atoms. The lowest BCUT2D eigenvalue weighted by molar-refractivity contribution is -0.143. The molecule has 0 spiro atoms. The SMILES string of the molecule is O=C(CN1C(=O)C2CCCCC2C1=O)NCC(c1ccccc1)c1c[nH]c2ccccc12. The fraction of sp³-hybridized carbons (Fsp3) is 0.346. The van der Waals surface area contributed by atoms with Crippen LogP contribution in [0.15, 0.2) is 60.8 Å². The van der Waals surface area contributed by atoms with E-state index in [1.807, 2.05) is 42.6 Å². The average molecular weight is 430 g/mol. The van der Waals surface area contributed by atoms with Crippen molar-refractivity contribution in [1.29, 1.82) is 0 Å². The second-order valence-corrected chi connectivity index (χ2v) is 8.82. The van der Waals surface area contributed by atoms with Crippen LogP contribution in [0, 0.1) is 11.8 Å². The second-order valence-electron chi connectivity index (χ2n) is 8.82. The molecule has 1 aromatic heterocycles. The fourth-order valence-electron chi connectivity index (χ4n) is 5.28. The number of fused-ring (bicyclic) bond motifs is 2. The normalized spacial score (nSPS) is 21.6. The van der Waals surface area contributed by atoms with Crippen molar-refractivity contribution in [3.63, 3.8) is 0 Å². The molecule has 2 heterocycles. The maximum atomic E-state index is 12.8. The van der Waals surface area contributed by atoms with Crippen molar-refractivity contribution in [3.8, 4) is 0 Å². The Labute approximate surface area is 187 Å². The molecule has 1 aliphatic heterocycles. The predicted molar refractivity (Wildman–Crippen MR) is 122 cm³/mol. The first-order valence-corrected chi connectivity index (χ1v) is 11.4. The van der Waals surface area contributed by atoms with Crippen LogP contribution in [0.2, 0.25) is 0 Å². The Hall–Kier alpha value is -3.41. The number of carbonyl (C=O) groups is 3. The lowest BCUT2D eigenvalue weighted by Crippen LogP contribution is -2.42. The molecular formula is C26H27N3O3. The van der Waals surface area contributed by atoms with Gasteiger partial charge in [-0.1, -0.05) is 61.4 Å². The fourth-order valence-corrected chi connectivity index (χ4v) is 5.28. The van der Waals surface area contributed by atoms with E-state index in [9.17, 15) is 14.4 Å². The van der Waals surface area contributed by atoms with Gasteiger partial charge < -0.3 is 10.3 Å². The van der Waals surface area contributed by atoms with Gasteiger partial charge in [0.1, 0.15) is 6.54 Å². The average Bonchev–Trinajstić information content (AvgIpc) is 3.36. The summed E-state index contributed by atoms with van der Waals surface area (Å²) in [6.07, 6.45) is 5.45. The van der Waals surface area contributed by atoms with Gasteiger partial charge in [-0.25, -0.2) is 0 Å². The number of rotatable bonds is 6. The van der Waals surface area contributed by atoms with Crippen LogP contribution < -0.4 is 5.32 Å². The molecule has 32 heavy (non-hydrogen) atoms. The number of aromatic nitrogens is 1. The third-order valence-corrected chi connectivity index (χ3v) is 6.94. The number of nitrogens with one attached hydrogen (secondary N) is 2. The van der Waals surface area contributed by atoms with Gasteiger partial charge in [0.2, 0.25) is 17.7 Å². The number of amides is 3. The smallest absolute Gasteiger partial charge is 0.240 e. The number of hydrogen-bond acceptors (Lipinski definition) is 3. The Balaban J connectivity index is 1.32. The largest absolute Gasteiger partial charge is 0.361 e. The topological polar surface area (TPSA) is 82.3 Å². The number of aromatic amines is 1. The number of carbonyl (C=O) groups excluding carboxylic acids is 3. The van der Waals surface area contributed by atoms with E-state index in [2.05, 4.69) is 28.5 Å². The molecule has 2 aliphatic rings. The van der Waals surface area contributed by atoms with Gasteiger partial charge in [-0.05, 0) is 30.0 Å². The van der Waals surface area contributed by atoms with E-state index in [1.54, 1.807) is 0 Å². The summed E-state index contributed by atoms with van der Waals surface area (Å²) in [6.45, 7) is 0.188. The number of imide groups is 1. The minimum Gasteiger partial charge on any atom is -0.361 e. The van der Waals surface area contributed by atoms with E-state index in [4.69, 9.17) is 0 Å². The van der Waals surface area contributed by atoms with E-state index >= 15 is 0 Å². The molecule has 2 aromatic carbocycles. The van der Waals surface area contributed by atoms with Crippen molar-refractivity contribution in [2.75, 3.05) is 13.1 Å². The molecule has 3 amide bonds. The summed E-state index contributed by atoms with van der Waals surface area (Å²) in [4.78, 5) is 42.7. The highest BCUT2D eigenvalue weighted by Gasteiger charge is 2.48. The molecule has 1 aliphatic carbocycles. The van der Waals surface area contributed by atoms with Crippen LogP contribution in [0.5, 0.6) is 0 Å². The molecule has 1 saturated heterocycles. The number of likely N-dealkylation sites (tertiary alicyclic amines) is 1. The Morgan fingerprint density at radius 3 is 2.34 bits per heavy atom. The van der Waals surface area contributed by atoms with Gasteiger partial charge in [-0.2, -0.15) is 0 Å². The van der Waals surface area contributed by atoms with Crippen molar-refractivity contribution in [1.82, 2.24) is 15.2 Å². The first-order valence-electron chi connectivity index (χ1n) is 11.4. The summed E-state index contributed by atoms with van der Waals surface area (Å²) in [5.74, 6) is -1.16. The number of para-hydroxylation sites is 1. The maximum absolute atomic E-state index is 12.8. The highest BCUT2D eigenvalue weighted by Crippen LogP contribution is 2.38. The first-order chi connectivity index (χ1) is 15.6. The summed E-state index contributed by atoms with van der Waals surface area (Å²) in [6, 6.07) is 18.1. The van der Waals surface area contributed by atoms with Gasteiger partial charge in [0, 0.05) is 29.6 Å². The zero-order valence-electron chi connectivity index (χ0n) is 17.9. The quantitative estimate of drug-likeness (QED) is 0.588. The van der Waals surface area contributed by atoms with E-state index in [0.29, 0.717) is 6.54 Å². The van der Waals surface area contributed by atoms with Crippen LogP contribution in [-0.2, 0) is 14.4 Å². The van der Waals surface area contributed by atoms with Crippen LogP contribution in [-0.4, -0.2) is 40.7 Å². The maximum Gasteiger partial charge on any atom is 0.240 e. The molecule has 1 saturated carbocycles. The lowest BCUT2D eigenvalue weighted by atomic mass is 9.81. The highest BCUT2D eigenvalue weighted by atomic mass is 16.2. The standard InChI is InChI=1S/C26H27N3O3/c30-24(16-29-25(31)19-11-4-5-12-20(19)26(29)32)28-14-21(17-8-2-1-3-9-17)22-15-27-23-13-7-6-10-18(22)23/h1-3,6-10,13,15,19-21,27H,4-5,11-12,14,16H2,(H,28,30). The zero-order chi connectivity index (χ0) is 22.1. The minimum absolute atomic E-state index is 0.0520. The Kier molecular flexibility index (Phi) is 5.52. The monoisotopic (exact) mass is 429 g/mol. The van der Waals surface area contributed by atoms with E-state index in [-0.39, 0.29) is 42.0 Å². The number of hydrogen-bond donors (Lipinski definition) is 2. The Morgan fingerprint density at radius 1 is 0.969 bits per heavy atom. The molecular weight excluding hydrogens is 402 g/mol. The van der Waals surface area contributed by atoms with Crippen LogP contribution in [0.25, 0.3) is 10.9 Å². The Morgan fingerprint density at radius 2 is 1.62 bits per heavy atom. The van der Waals surface area contributed by atoms with Gasteiger partial charge in [0.25, 0.3) is 0 Å². The van der Waals surface area contributed by atoms with E-state index in [0.717, 1.165) is 47.7 Å². The molecule has 164 valence electrons. The van der Waals surface area contributed by atoms with Crippen molar-refractivity contribution in [3.05, 3.63) is 71.9 Å². The molecule has 3 aromatic rings. The van der Waals surface area contributed by atoms with Crippen LogP contribution in [0.4, 0.5) is 0 Å². The molecule has 6 heteroatoms. The van der Waals surface area contributed by atoms with Gasteiger partial charge in [0.15, 0.2) is 0 Å². The van der Waals surface area contributed by atoms with E-state index < -0.39 is 0 Å². The molecule has 3 atom stereocenters. The summed E-state index contributed by atoms with van der Waals surface area (Å²) in [7, 11) is 0. The molecule has 6 nitrogen and oxygen atoms in total.